The van der Waals surface area contributed by atoms with Crippen LogP contribution in [0.4, 0.5) is 11.5 Å². The van der Waals surface area contributed by atoms with Crippen molar-refractivity contribution in [2.24, 2.45) is 0 Å². The molecule has 2 aromatic rings. The molecule has 1 aromatic heterocycles. The third-order valence-corrected chi connectivity index (χ3v) is 2.93. The van der Waals surface area contributed by atoms with Gasteiger partial charge in [-0.2, -0.15) is 0 Å². The fourth-order valence-corrected chi connectivity index (χ4v) is 1.82. The molecule has 1 heterocycles. The van der Waals surface area contributed by atoms with E-state index in [4.69, 9.17) is 4.74 Å². The summed E-state index contributed by atoms with van der Waals surface area (Å²) in [6.07, 6.45) is 1.44. The van der Waals surface area contributed by atoms with E-state index < -0.39 is 4.92 Å². The summed E-state index contributed by atoms with van der Waals surface area (Å²) in [7, 11) is 0. The highest BCUT2D eigenvalue weighted by Gasteiger charge is 2.08. The van der Waals surface area contributed by atoms with Gasteiger partial charge >= 0.3 is 0 Å². The number of rotatable bonds is 6. The summed E-state index contributed by atoms with van der Waals surface area (Å²) in [5.41, 5.74) is 1.84. The average molecular weight is 288 g/mol. The van der Waals surface area contributed by atoms with Gasteiger partial charge < -0.3 is 10.1 Å². The largest absolute Gasteiger partial charge is 0.478 e. The number of anilines is 1. The van der Waals surface area contributed by atoms with Gasteiger partial charge in [0.2, 0.25) is 5.88 Å². The molecule has 1 aromatic carbocycles. The summed E-state index contributed by atoms with van der Waals surface area (Å²) >= 11 is 0. The van der Waals surface area contributed by atoms with Crippen molar-refractivity contribution >= 4 is 11.5 Å². The van der Waals surface area contributed by atoms with Gasteiger partial charge in [0, 0.05) is 18.7 Å². The van der Waals surface area contributed by atoms with Crippen molar-refractivity contribution in [3.63, 3.8) is 0 Å². The number of nitrogens with zero attached hydrogens (tertiary/aromatic N) is 3. The highest BCUT2D eigenvalue weighted by molar-refractivity contribution is 5.48. The topological polar surface area (TPSA) is 90.2 Å². The Hall–Kier alpha value is -2.70. The summed E-state index contributed by atoms with van der Waals surface area (Å²) in [5, 5.41) is 13.8. The monoisotopic (exact) mass is 288 g/mol. The first-order valence-corrected chi connectivity index (χ1v) is 6.53. The zero-order chi connectivity index (χ0) is 15.2. The molecule has 7 heteroatoms. The van der Waals surface area contributed by atoms with Gasteiger partial charge in [0.15, 0.2) is 0 Å². The lowest BCUT2D eigenvalue weighted by Gasteiger charge is -2.11. The van der Waals surface area contributed by atoms with E-state index in [0.717, 1.165) is 11.1 Å². The molecule has 0 bridgehead atoms. The fourth-order valence-electron chi connectivity index (χ4n) is 1.82. The van der Waals surface area contributed by atoms with E-state index in [1.165, 1.54) is 18.5 Å². The molecule has 1 N–H and O–H groups in total. The molecule has 0 aliphatic rings. The molecule has 21 heavy (non-hydrogen) atoms. The molecule has 0 saturated carbocycles. The normalized spacial score (nSPS) is 10.2. The Bertz CT molecular complexity index is 629. The van der Waals surface area contributed by atoms with Crippen LogP contribution in [0, 0.1) is 17.0 Å². The van der Waals surface area contributed by atoms with Crippen LogP contribution in [0.2, 0.25) is 0 Å². The summed E-state index contributed by atoms with van der Waals surface area (Å²) in [4.78, 5) is 18.4. The lowest BCUT2D eigenvalue weighted by molar-refractivity contribution is -0.384. The minimum absolute atomic E-state index is 0.0793. The molecule has 2 rings (SSSR count). The number of ether oxygens (including phenoxy) is 1. The van der Waals surface area contributed by atoms with E-state index in [9.17, 15) is 10.1 Å². The van der Waals surface area contributed by atoms with Gasteiger partial charge in [0.05, 0.1) is 17.1 Å². The van der Waals surface area contributed by atoms with E-state index in [-0.39, 0.29) is 5.69 Å². The lowest BCUT2D eigenvalue weighted by atomic mass is 10.2. The zero-order valence-electron chi connectivity index (χ0n) is 11.9. The third kappa shape index (κ3) is 3.65. The number of benzene rings is 1. The van der Waals surface area contributed by atoms with E-state index in [2.05, 4.69) is 15.3 Å². The van der Waals surface area contributed by atoms with Crippen LogP contribution in [0.15, 0.2) is 30.6 Å². The second kappa shape index (κ2) is 6.65. The van der Waals surface area contributed by atoms with E-state index in [0.29, 0.717) is 24.8 Å². The summed E-state index contributed by atoms with van der Waals surface area (Å²) < 4.78 is 5.41. The molecule has 7 nitrogen and oxygen atoms in total. The number of nitro groups is 1. The summed E-state index contributed by atoms with van der Waals surface area (Å²) in [6, 6.07) is 6.39. The van der Waals surface area contributed by atoms with Crippen molar-refractivity contribution in [2.45, 2.75) is 20.4 Å². The van der Waals surface area contributed by atoms with Crippen molar-refractivity contribution in [2.75, 3.05) is 11.9 Å². The van der Waals surface area contributed by atoms with Crippen molar-refractivity contribution in [1.29, 1.82) is 0 Å². The third-order valence-electron chi connectivity index (χ3n) is 2.93. The van der Waals surface area contributed by atoms with Crippen LogP contribution < -0.4 is 10.1 Å². The van der Waals surface area contributed by atoms with Crippen LogP contribution in [-0.4, -0.2) is 21.5 Å². The van der Waals surface area contributed by atoms with Gasteiger partial charge in [0.25, 0.3) is 5.69 Å². The highest BCUT2D eigenvalue weighted by Crippen LogP contribution is 2.21. The first-order valence-electron chi connectivity index (χ1n) is 6.53. The van der Waals surface area contributed by atoms with Gasteiger partial charge in [-0.3, -0.25) is 10.1 Å². The van der Waals surface area contributed by atoms with Gasteiger partial charge in [-0.05, 0) is 19.4 Å². The summed E-state index contributed by atoms with van der Waals surface area (Å²) in [6.45, 7) is 4.83. The molecule has 0 amide bonds. The van der Waals surface area contributed by atoms with Gasteiger partial charge in [-0.15, -0.1) is 0 Å². The predicted molar refractivity (Wildman–Crippen MR) is 78.4 cm³/mol. The Morgan fingerprint density at radius 1 is 1.29 bits per heavy atom. The average Bonchev–Trinajstić information content (AvgIpc) is 2.49. The number of non-ortho nitro benzene ring substituents is 1. The molecule has 110 valence electrons. The van der Waals surface area contributed by atoms with Crippen LogP contribution in [0.5, 0.6) is 5.88 Å². The lowest BCUT2D eigenvalue weighted by Crippen LogP contribution is -2.06. The summed E-state index contributed by atoms with van der Waals surface area (Å²) in [5.74, 6) is 1.24. The second-order valence-corrected chi connectivity index (χ2v) is 4.36. The smallest absolute Gasteiger partial charge is 0.269 e. The second-order valence-electron chi connectivity index (χ2n) is 4.36. The molecule has 0 saturated heterocycles. The zero-order valence-corrected chi connectivity index (χ0v) is 11.9. The van der Waals surface area contributed by atoms with E-state index in [1.54, 1.807) is 12.1 Å². The molecule has 0 spiro atoms. The Kier molecular flexibility index (Phi) is 4.65. The van der Waals surface area contributed by atoms with Crippen LogP contribution in [0.1, 0.15) is 18.1 Å². The van der Waals surface area contributed by atoms with Crippen LogP contribution >= 0.6 is 0 Å². The SMILES string of the molecule is CCOc1ncnc(NCc2ccc([N+](=O)[O-])cc2)c1C. The van der Waals surface area contributed by atoms with E-state index in [1.807, 2.05) is 13.8 Å². The molecule has 0 radical (unpaired) electrons. The predicted octanol–water partition coefficient (Wildman–Crippen LogP) is 2.70. The maximum atomic E-state index is 10.6. The van der Waals surface area contributed by atoms with Crippen molar-refractivity contribution in [3.8, 4) is 5.88 Å². The Morgan fingerprint density at radius 3 is 2.62 bits per heavy atom. The molecular weight excluding hydrogens is 272 g/mol. The van der Waals surface area contributed by atoms with Crippen LogP contribution in [0.3, 0.4) is 0 Å². The van der Waals surface area contributed by atoms with Gasteiger partial charge in [0.1, 0.15) is 12.1 Å². The van der Waals surface area contributed by atoms with Crippen molar-refractivity contribution in [1.82, 2.24) is 9.97 Å². The Labute approximate surface area is 122 Å². The Morgan fingerprint density at radius 2 is 2.00 bits per heavy atom. The first-order chi connectivity index (χ1) is 10.1. The number of nitro benzene ring substituents is 1. The number of nitrogens with one attached hydrogen (secondary N) is 1. The molecule has 0 unspecified atom stereocenters. The van der Waals surface area contributed by atoms with Crippen LogP contribution in [0.25, 0.3) is 0 Å². The minimum Gasteiger partial charge on any atom is -0.478 e. The standard InChI is InChI=1S/C14H16N4O3/c1-3-21-14-10(2)13(16-9-17-14)15-8-11-4-6-12(7-5-11)18(19)20/h4-7,9H,3,8H2,1-2H3,(H,15,16,17). The minimum atomic E-state index is -0.417. The number of aromatic nitrogens is 2. The van der Waals surface area contributed by atoms with E-state index >= 15 is 0 Å². The first kappa shape index (κ1) is 14.7. The molecular formula is C14H16N4O3. The molecule has 0 fully saturated rings. The van der Waals surface area contributed by atoms with Gasteiger partial charge in [-0.1, -0.05) is 12.1 Å². The molecule has 0 atom stereocenters. The highest BCUT2D eigenvalue weighted by atomic mass is 16.6. The van der Waals surface area contributed by atoms with Crippen molar-refractivity contribution < 1.29 is 9.66 Å². The number of hydrogen-bond acceptors (Lipinski definition) is 6. The van der Waals surface area contributed by atoms with Gasteiger partial charge in [-0.25, -0.2) is 9.97 Å². The molecule has 0 aliphatic heterocycles. The van der Waals surface area contributed by atoms with Crippen molar-refractivity contribution in [3.05, 3.63) is 51.8 Å². The maximum absolute atomic E-state index is 10.6. The number of hydrogen-bond donors (Lipinski definition) is 1. The fraction of sp³-hybridized carbons (Fsp3) is 0.286. The maximum Gasteiger partial charge on any atom is 0.269 e. The molecule has 0 aliphatic carbocycles. The quantitative estimate of drug-likeness (QED) is 0.649. The Balaban J connectivity index is 2.06. The van der Waals surface area contributed by atoms with Crippen LogP contribution in [-0.2, 0) is 6.54 Å².